The van der Waals surface area contributed by atoms with E-state index in [0.29, 0.717) is 0 Å². The lowest BCUT2D eigenvalue weighted by Crippen LogP contribution is -2.05. The second kappa shape index (κ2) is 4.03. The summed E-state index contributed by atoms with van der Waals surface area (Å²) >= 11 is 4.85. The van der Waals surface area contributed by atoms with E-state index in [-0.39, 0.29) is 0 Å². The van der Waals surface area contributed by atoms with Crippen molar-refractivity contribution in [1.82, 2.24) is 14.8 Å². The Morgan fingerprint density at radius 3 is 2.73 bits per heavy atom. The van der Waals surface area contributed by atoms with Crippen molar-refractivity contribution in [2.45, 2.75) is 13.0 Å². The molecule has 0 amide bonds. The number of aromatic nitrogens is 3. The number of thiazole rings is 1. The van der Waals surface area contributed by atoms with Gasteiger partial charge in [0.2, 0.25) is 0 Å². The average Bonchev–Trinajstić information content (AvgIpc) is 2.73. The monoisotopic (exact) mass is 287 g/mol. The number of aryl methyl sites for hydroxylation is 2. The fourth-order valence-corrected chi connectivity index (χ4v) is 2.71. The first-order valence-electron chi connectivity index (χ1n) is 4.37. The zero-order valence-corrected chi connectivity index (χ0v) is 10.7. The Bertz CT molecular complexity index is 460. The number of hydrogen-bond donors (Lipinski definition) is 1. The van der Waals surface area contributed by atoms with Gasteiger partial charge < -0.3 is 5.11 Å². The number of hydrogen-bond acceptors (Lipinski definition) is 4. The molecule has 2 aromatic heterocycles. The summed E-state index contributed by atoms with van der Waals surface area (Å²) in [4.78, 5) is 4.95. The number of nitrogens with zero attached hydrogens (tertiary/aromatic N) is 3. The summed E-state index contributed by atoms with van der Waals surface area (Å²) in [6, 6.07) is 0. The van der Waals surface area contributed by atoms with Gasteiger partial charge in [-0.15, -0.1) is 11.3 Å². The van der Waals surface area contributed by atoms with Crippen LogP contribution < -0.4 is 0 Å². The Hall–Kier alpha value is -0.720. The molecule has 0 radical (unpaired) electrons. The summed E-state index contributed by atoms with van der Waals surface area (Å²) in [6.07, 6.45) is 2.70. The van der Waals surface area contributed by atoms with Crippen molar-refractivity contribution in [2.24, 2.45) is 7.05 Å². The predicted molar refractivity (Wildman–Crippen MR) is 61.8 cm³/mol. The van der Waals surface area contributed by atoms with E-state index in [2.05, 4.69) is 26.0 Å². The molecule has 2 heterocycles. The van der Waals surface area contributed by atoms with Gasteiger partial charge in [0, 0.05) is 13.2 Å². The van der Waals surface area contributed by atoms with Gasteiger partial charge >= 0.3 is 0 Å². The molecule has 0 spiro atoms. The molecule has 0 saturated carbocycles. The van der Waals surface area contributed by atoms with E-state index in [0.717, 1.165) is 20.1 Å². The molecule has 0 saturated heterocycles. The van der Waals surface area contributed by atoms with Crippen LogP contribution in [0.4, 0.5) is 0 Å². The SMILES string of the molecule is Cc1ncc(C(O)c2c(Br)cnn2C)s1. The molecule has 0 aliphatic heterocycles. The summed E-state index contributed by atoms with van der Waals surface area (Å²) < 4.78 is 2.47. The lowest BCUT2D eigenvalue weighted by atomic mass is 10.2. The van der Waals surface area contributed by atoms with Crippen LogP contribution in [-0.2, 0) is 7.05 Å². The molecule has 0 fully saturated rings. The second-order valence-corrected chi connectivity index (χ2v) is 5.31. The van der Waals surface area contributed by atoms with Crippen molar-refractivity contribution < 1.29 is 5.11 Å². The molecule has 80 valence electrons. The highest BCUT2D eigenvalue weighted by molar-refractivity contribution is 9.10. The molecule has 6 heteroatoms. The summed E-state index contributed by atoms with van der Waals surface area (Å²) in [5.41, 5.74) is 0.749. The molecule has 0 aliphatic rings. The molecular formula is C9H10BrN3OS. The number of rotatable bonds is 2. The molecule has 15 heavy (non-hydrogen) atoms. The van der Waals surface area contributed by atoms with Crippen LogP contribution in [0.1, 0.15) is 21.7 Å². The summed E-state index contributed by atoms with van der Waals surface area (Å²) in [5, 5.41) is 15.1. The Morgan fingerprint density at radius 1 is 1.53 bits per heavy atom. The smallest absolute Gasteiger partial charge is 0.132 e. The van der Waals surface area contributed by atoms with E-state index < -0.39 is 6.10 Å². The minimum atomic E-state index is -0.668. The quantitative estimate of drug-likeness (QED) is 0.920. The van der Waals surface area contributed by atoms with Gasteiger partial charge in [-0.25, -0.2) is 4.98 Å². The van der Waals surface area contributed by atoms with Crippen molar-refractivity contribution in [3.63, 3.8) is 0 Å². The van der Waals surface area contributed by atoms with Crippen molar-refractivity contribution in [2.75, 3.05) is 0 Å². The van der Waals surface area contributed by atoms with Crippen LogP contribution in [0.25, 0.3) is 0 Å². The Kier molecular flexibility index (Phi) is 2.90. The van der Waals surface area contributed by atoms with Crippen LogP contribution >= 0.6 is 27.3 Å². The molecular weight excluding hydrogens is 278 g/mol. The van der Waals surface area contributed by atoms with E-state index in [1.165, 1.54) is 11.3 Å². The van der Waals surface area contributed by atoms with Gasteiger partial charge in [-0.1, -0.05) is 0 Å². The first-order valence-corrected chi connectivity index (χ1v) is 5.98. The summed E-state index contributed by atoms with van der Waals surface area (Å²) in [5.74, 6) is 0. The third-order valence-corrected chi connectivity index (χ3v) is 3.68. The van der Waals surface area contributed by atoms with Crippen molar-refractivity contribution in [3.05, 3.63) is 32.4 Å². The minimum Gasteiger partial charge on any atom is -0.381 e. The lowest BCUT2D eigenvalue weighted by Gasteiger charge is -2.09. The maximum Gasteiger partial charge on any atom is 0.132 e. The highest BCUT2D eigenvalue weighted by Gasteiger charge is 2.19. The third-order valence-electron chi connectivity index (χ3n) is 2.11. The van der Waals surface area contributed by atoms with Gasteiger partial charge in [0.1, 0.15) is 6.10 Å². The van der Waals surface area contributed by atoms with E-state index in [9.17, 15) is 5.11 Å². The Morgan fingerprint density at radius 2 is 2.27 bits per heavy atom. The first kappa shape index (κ1) is 10.8. The Labute approximate surface area is 99.7 Å². The van der Waals surface area contributed by atoms with Crippen LogP contribution in [0.15, 0.2) is 16.9 Å². The van der Waals surface area contributed by atoms with E-state index in [4.69, 9.17) is 0 Å². The van der Waals surface area contributed by atoms with Gasteiger partial charge in [-0.05, 0) is 22.9 Å². The molecule has 1 unspecified atom stereocenters. The lowest BCUT2D eigenvalue weighted by molar-refractivity contribution is 0.212. The topological polar surface area (TPSA) is 50.9 Å². The molecule has 0 bridgehead atoms. The van der Waals surface area contributed by atoms with Crippen LogP contribution in [0.3, 0.4) is 0 Å². The fraction of sp³-hybridized carbons (Fsp3) is 0.333. The highest BCUT2D eigenvalue weighted by Crippen LogP contribution is 2.30. The number of halogens is 1. The average molecular weight is 288 g/mol. The van der Waals surface area contributed by atoms with Gasteiger partial charge in [0.25, 0.3) is 0 Å². The van der Waals surface area contributed by atoms with Crippen LogP contribution in [-0.4, -0.2) is 19.9 Å². The van der Waals surface area contributed by atoms with Gasteiger partial charge in [-0.2, -0.15) is 5.10 Å². The molecule has 2 rings (SSSR count). The second-order valence-electron chi connectivity index (χ2n) is 3.19. The normalized spacial score (nSPS) is 13.1. The highest BCUT2D eigenvalue weighted by atomic mass is 79.9. The molecule has 2 aromatic rings. The van der Waals surface area contributed by atoms with Gasteiger partial charge in [0.05, 0.1) is 26.2 Å². The molecule has 1 N–H and O–H groups in total. The number of aliphatic hydroxyl groups is 1. The standard InChI is InChI=1S/C9H10BrN3OS/c1-5-11-4-7(15-5)9(14)8-6(10)3-12-13(8)2/h3-4,9,14H,1-2H3. The molecule has 0 aliphatic carbocycles. The van der Waals surface area contributed by atoms with Crippen LogP contribution in [0.2, 0.25) is 0 Å². The minimum absolute atomic E-state index is 0.668. The van der Waals surface area contributed by atoms with E-state index in [1.54, 1.807) is 24.1 Å². The zero-order valence-electron chi connectivity index (χ0n) is 8.31. The molecule has 1 atom stereocenters. The largest absolute Gasteiger partial charge is 0.381 e. The maximum atomic E-state index is 10.1. The summed E-state index contributed by atoms with van der Waals surface area (Å²) in [6.45, 7) is 1.92. The van der Waals surface area contributed by atoms with E-state index >= 15 is 0 Å². The van der Waals surface area contributed by atoms with Crippen LogP contribution in [0, 0.1) is 6.92 Å². The van der Waals surface area contributed by atoms with E-state index in [1.807, 2.05) is 6.92 Å². The van der Waals surface area contributed by atoms with Crippen molar-refractivity contribution >= 4 is 27.3 Å². The van der Waals surface area contributed by atoms with Gasteiger partial charge in [0.15, 0.2) is 0 Å². The van der Waals surface area contributed by atoms with Crippen molar-refractivity contribution in [3.8, 4) is 0 Å². The first-order chi connectivity index (χ1) is 7.09. The van der Waals surface area contributed by atoms with Gasteiger partial charge in [-0.3, -0.25) is 4.68 Å². The molecule has 4 nitrogen and oxygen atoms in total. The third kappa shape index (κ3) is 1.97. The maximum absolute atomic E-state index is 10.1. The van der Waals surface area contributed by atoms with Crippen LogP contribution in [0.5, 0.6) is 0 Å². The fourth-order valence-electron chi connectivity index (χ4n) is 1.37. The predicted octanol–water partition coefficient (Wildman–Crippen LogP) is 2.03. The summed E-state index contributed by atoms with van der Waals surface area (Å²) in [7, 11) is 1.80. The zero-order chi connectivity index (χ0) is 11.0. The van der Waals surface area contributed by atoms with Crippen molar-refractivity contribution in [1.29, 1.82) is 0 Å². The number of aliphatic hydroxyl groups excluding tert-OH is 1. The Balaban J connectivity index is 2.40. The molecule has 0 aromatic carbocycles.